The normalized spacial score (nSPS) is 19.0. The van der Waals surface area contributed by atoms with Crippen LogP contribution in [0.15, 0.2) is 18.2 Å². The molecule has 3 nitrogen and oxygen atoms in total. The lowest BCUT2D eigenvalue weighted by molar-refractivity contribution is 0.0501. The van der Waals surface area contributed by atoms with Crippen molar-refractivity contribution < 1.29 is 13.9 Å². The number of ether oxygens (including phenoxy) is 1. The van der Waals surface area contributed by atoms with E-state index in [0.717, 1.165) is 25.9 Å². The molecule has 116 valence electrons. The van der Waals surface area contributed by atoms with E-state index in [4.69, 9.17) is 4.74 Å². The Hall–Kier alpha value is -1.42. The highest BCUT2D eigenvalue weighted by Gasteiger charge is 2.39. The van der Waals surface area contributed by atoms with Gasteiger partial charge in [-0.3, -0.25) is 9.69 Å². The van der Waals surface area contributed by atoms with Crippen molar-refractivity contribution in [3.63, 3.8) is 0 Å². The van der Waals surface area contributed by atoms with Gasteiger partial charge >= 0.3 is 0 Å². The van der Waals surface area contributed by atoms with Gasteiger partial charge in [0.1, 0.15) is 11.6 Å². The zero-order valence-electron chi connectivity index (χ0n) is 13.1. The molecule has 21 heavy (non-hydrogen) atoms. The third kappa shape index (κ3) is 3.10. The van der Waals surface area contributed by atoms with Crippen molar-refractivity contribution in [2.75, 3.05) is 20.2 Å². The second-order valence-electron chi connectivity index (χ2n) is 5.85. The van der Waals surface area contributed by atoms with E-state index in [9.17, 15) is 9.18 Å². The summed E-state index contributed by atoms with van der Waals surface area (Å²) in [7, 11) is 1.49. The van der Waals surface area contributed by atoms with E-state index in [1.54, 1.807) is 6.07 Å². The van der Waals surface area contributed by atoms with Crippen LogP contribution in [0.5, 0.6) is 5.75 Å². The van der Waals surface area contributed by atoms with E-state index < -0.39 is 11.4 Å². The van der Waals surface area contributed by atoms with Crippen molar-refractivity contribution >= 4 is 5.78 Å². The van der Waals surface area contributed by atoms with Gasteiger partial charge in [-0.2, -0.15) is 0 Å². The topological polar surface area (TPSA) is 29.5 Å². The molecule has 0 N–H and O–H groups in total. The average molecular weight is 293 g/mol. The van der Waals surface area contributed by atoms with Crippen LogP contribution in [0, 0.1) is 5.82 Å². The van der Waals surface area contributed by atoms with E-state index in [0.29, 0.717) is 12.2 Å². The smallest absolute Gasteiger partial charge is 0.185 e. The van der Waals surface area contributed by atoms with Gasteiger partial charge in [-0.25, -0.2) is 4.39 Å². The largest absolute Gasteiger partial charge is 0.497 e. The lowest BCUT2D eigenvalue weighted by Gasteiger charge is -2.41. The van der Waals surface area contributed by atoms with Crippen LogP contribution in [-0.4, -0.2) is 36.4 Å². The molecule has 0 bridgehead atoms. The van der Waals surface area contributed by atoms with E-state index in [-0.39, 0.29) is 11.3 Å². The number of nitrogens with zero attached hydrogens (tertiary/aromatic N) is 1. The van der Waals surface area contributed by atoms with Gasteiger partial charge in [0, 0.05) is 6.07 Å². The number of likely N-dealkylation sites (tertiary alicyclic amines) is 1. The van der Waals surface area contributed by atoms with Crippen molar-refractivity contribution in [1.29, 1.82) is 0 Å². The predicted octanol–water partition coefficient (Wildman–Crippen LogP) is 3.67. The minimum absolute atomic E-state index is 0.132. The first-order valence-electron chi connectivity index (χ1n) is 7.66. The zero-order chi connectivity index (χ0) is 15.5. The molecule has 2 rings (SSSR count). The number of Topliss-reactive ketones (excluding diaryl/α,β-unsaturated/α-hetero) is 1. The molecule has 1 saturated heterocycles. The third-order valence-electron chi connectivity index (χ3n) is 4.65. The monoisotopic (exact) mass is 293 g/mol. The fourth-order valence-corrected chi connectivity index (χ4v) is 3.01. The molecule has 0 aromatic heterocycles. The molecule has 1 aromatic carbocycles. The molecule has 1 aliphatic heterocycles. The van der Waals surface area contributed by atoms with Gasteiger partial charge in [-0.05, 0) is 51.4 Å². The first-order valence-corrected chi connectivity index (χ1v) is 7.66. The first kappa shape index (κ1) is 16.0. The van der Waals surface area contributed by atoms with Crippen LogP contribution in [0.25, 0.3) is 0 Å². The number of methoxy groups -OCH3 is 1. The maximum Gasteiger partial charge on any atom is 0.185 e. The molecule has 1 atom stereocenters. The summed E-state index contributed by atoms with van der Waals surface area (Å²) in [5, 5.41) is 0. The Bertz CT molecular complexity index is 512. The second-order valence-corrected chi connectivity index (χ2v) is 5.85. The molecule has 1 aliphatic rings. The van der Waals surface area contributed by atoms with Gasteiger partial charge in [0.2, 0.25) is 0 Å². The fourth-order valence-electron chi connectivity index (χ4n) is 3.01. The molecule has 0 radical (unpaired) electrons. The Labute approximate surface area is 126 Å². The zero-order valence-corrected chi connectivity index (χ0v) is 13.1. The summed E-state index contributed by atoms with van der Waals surface area (Å²) in [6.45, 7) is 5.75. The Kier molecular flexibility index (Phi) is 4.99. The maximum absolute atomic E-state index is 14.2. The second kappa shape index (κ2) is 6.56. The Morgan fingerprint density at radius 1 is 1.33 bits per heavy atom. The Balaban J connectivity index is 2.30. The van der Waals surface area contributed by atoms with Crippen LogP contribution < -0.4 is 4.74 Å². The predicted molar refractivity (Wildman–Crippen MR) is 81.4 cm³/mol. The highest BCUT2D eigenvalue weighted by atomic mass is 19.1. The van der Waals surface area contributed by atoms with Crippen molar-refractivity contribution in [1.82, 2.24) is 4.90 Å². The SMILES string of the molecule is CCC(C)(C(=O)c1ccc(OC)cc1F)N1CCCCC1. The summed E-state index contributed by atoms with van der Waals surface area (Å²) in [4.78, 5) is 15.1. The molecule has 1 aromatic rings. The number of carbonyl (C=O) groups excluding carboxylic acids is 1. The quantitative estimate of drug-likeness (QED) is 0.776. The van der Waals surface area contributed by atoms with Crippen LogP contribution in [0.3, 0.4) is 0 Å². The summed E-state index contributed by atoms with van der Waals surface area (Å²) in [5.41, 5.74) is -0.471. The van der Waals surface area contributed by atoms with Gasteiger partial charge in [0.25, 0.3) is 0 Å². The van der Waals surface area contributed by atoms with Gasteiger partial charge < -0.3 is 4.74 Å². The first-order chi connectivity index (χ1) is 10.0. The van der Waals surface area contributed by atoms with Crippen LogP contribution in [0.1, 0.15) is 49.9 Å². The number of hydrogen-bond donors (Lipinski definition) is 0. The molecule has 0 amide bonds. The summed E-state index contributed by atoms with van der Waals surface area (Å²) >= 11 is 0. The maximum atomic E-state index is 14.2. The number of halogens is 1. The molecular formula is C17H24FNO2. The van der Waals surface area contributed by atoms with Crippen molar-refractivity contribution in [3.05, 3.63) is 29.6 Å². The number of carbonyl (C=O) groups is 1. The average Bonchev–Trinajstić information content (AvgIpc) is 2.54. The van der Waals surface area contributed by atoms with Gasteiger partial charge in [-0.1, -0.05) is 13.3 Å². The number of benzene rings is 1. The molecular weight excluding hydrogens is 269 g/mol. The number of hydrogen-bond acceptors (Lipinski definition) is 3. The van der Waals surface area contributed by atoms with Crippen LogP contribution in [0.2, 0.25) is 0 Å². The minimum atomic E-state index is -0.629. The van der Waals surface area contributed by atoms with E-state index >= 15 is 0 Å². The number of ketones is 1. The Morgan fingerprint density at radius 3 is 2.52 bits per heavy atom. The summed E-state index contributed by atoms with van der Waals surface area (Å²) in [6, 6.07) is 4.45. The van der Waals surface area contributed by atoms with Gasteiger partial charge in [0.15, 0.2) is 5.78 Å². The molecule has 4 heteroatoms. The molecule has 0 aliphatic carbocycles. The van der Waals surface area contributed by atoms with Gasteiger partial charge in [0.05, 0.1) is 18.2 Å². The van der Waals surface area contributed by atoms with E-state index in [1.807, 2.05) is 13.8 Å². The van der Waals surface area contributed by atoms with Crippen molar-refractivity contribution in [2.24, 2.45) is 0 Å². The Morgan fingerprint density at radius 2 is 2.00 bits per heavy atom. The lowest BCUT2D eigenvalue weighted by Crippen LogP contribution is -2.54. The molecule has 0 saturated carbocycles. The number of rotatable bonds is 5. The third-order valence-corrected chi connectivity index (χ3v) is 4.65. The highest BCUT2D eigenvalue weighted by Crippen LogP contribution is 2.29. The molecule has 1 heterocycles. The van der Waals surface area contributed by atoms with E-state index in [2.05, 4.69) is 4.90 Å². The summed E-state index contributed by atoms with van der Waals surface area (Å²) in [5.74, 6) is -0.205. The van der Waals surface area contributed by atoms with Gasteiger partial charge in [-0.15, -0.1) is 0 Å². The number of piperidine rings is 1. The van der Waals surface area contributed by atoms with Crippen LogP contribution >= 0.6 is 0 Å². The molecule has 0 spiro atoms. The summed E-state index contributed by atoms with van der Waals surface area (Å²) in [6.07, 6.45) is 4.10. The summed E-state index contributed by atoms with van der Waals surface area (Å²) < 4.78 is 19.2. The highest BCUT2D eigenvalue weighted by molar-refractivity contribution is 6.03. The lowest BCUT2D eigenvalue weighted by atomic mass is 9.85. The van der Waals surface area contributed by atoms with E-state index in [1.165, 1.54) is 25.7 Å². The van der Waals surface area contributed by atoms with Crippen LogP contribution in [-0.2, 0) is 0 Å². The van der Waals surface area contributed by atoms with Crippen LogP contribution in [0.4, 0.5) is 4.39 Å². The minimum Gasteiger partial charge on any atom is -0.497 e. The van der Waals surface area contributed by atoms with Crippen molar-refractivity contribution in [2.45, 2.75) is 45.1 Å². The standard InChI is InChI=1S/C17H24FNO2/c1-4-17(2,19-10-6-5-7-11-19)16(20)14-9-8-13(21-3)12-15(14)18/h8-9,12H,4-7,10-11H2,1-3H3. The molecule has 1 unspecified atom stereocenters. The van der Waals surface area contributed by atoms with Crippen molar-refractivity contribution in [3.8, 4) is 5.75 Å². The molecule has 1 fully saturated rings. The fraction of sp³-hybridized carbons (Fsp3) is 0.588.